The molecule has 3 aromatic rings. The summed E-state index contributed by atoms with van der Waals surface area (Å²) >= 11 is 3.41. The Hall–Kier alpha value is -2.93. The molecule has 0 spiro atoms. The maximum atomic E-state index is 13.3. The number of carbonyl (C=O) groups excluding carboxylic acids is 2. The van der Waals surface area contributed by atoms with Crippen LogP contribution in [0, 0.1) is 0 Å². The van der Waals surface area contributed by atoms with Gasteiger partial charge in [-0.3, -0.25) is 9.69 Å². The quantitative estimate of drug-likeness (QED) is 0.467. The lowest BCUT2D eigenvalue weighted by Crippen LogP contribution is -2.40. The minimum atomic E-state index is -1.17. The third-order valence-electron chi connectivity index (χ3n) is 6.05. The van der Waals surface area contributed by atoms with Crippen molar-refractivity contribution in [2.45, 2.75) is 38.3 Å². The number of nitrogens with one attached hydrogen (secondary N) is 1. The summed E-state index contributed by atoms with van der Waals surface area (Å²) in [6.45, 7) is 1.70. The summed E-state index contributed by atoms with van der Waals surface area (Å²) in [5.41, 5.74) is 2.56. The van der Waals surface area contributed by atoms with Crippen molar-refractivity contribution in [3.63, 3.8) is 0 Å². The fourth-order valence-electron chi connectivity index (χ4n) is 4.43. The molecule has 0 saturated carbocycles. The van der Waals surface area contributed by atoms with E-state index in [9.17, 15) is 14.4 Å². The molecule has 6 nitrogen and oxygen atoms in total. The van der Waals surface area contributed by atoms with E-state index in [2.05, 4.69) is 21.2 Å². The molecule has 1 atom stereocenters. The second-order valence-electron chi connectivity index (χ2n) is 8.02. The van der Waals surface area contributed by atoms with Crippen LogP contribution < -0.4 is 10.9 Å². The van der Waals surface area contributed by atoms with Crippen LogP contribution in [0.3, 0.4) is 0 Å². The van der Waals surface area contributed by atoms with Gasteiger partial charge in [-0.1, -0.05) is 28.1 Å². The Bertz CT molecular complexity index is 1280. The predicted molar refractivity (Wildman–Crippen MR) is 115 cm³/mol. The van der Waals surface area contributed by atoms with Crippen LogP contribution >= 0.6 is 15.9 Å². The third-order valence-corrected chi connectivity index (χ3v) is 6.54. The highest BCUT2D eigenvalue weighted by molar-refractivity contribution is 9.10. The van der Waals surface area contributed by atoms with E-state index in [-0.39, 0.29) is 12.5 Å². The third kappa shape index (κ3) is 2.96. The first-order valence-electron chi connectivity index (χ1n) is 9.84. The number of urea groups is 1. The molecule has 1 aliphatic carbocycles. The van der Waals surface area contributed by atoms with Crippen LogP contribution in [-0.2, 0) is 29.7 Å². The molecule has 1 aromatic heterocycles. The van der Waals surface area contributed by atoms with Gasteiger partial charge in [-0.05, 0) is 72.7 Å². The lowest BCUT2D eigenvalue weighted by Gasteiger charge is -2.22. The SMILES string of the molecule is CC1(c2cccc(Br)c2)NC(=O)N(Cc2cc(=O)oc3cc4c(cc23)CCC4)C1=O. The molecule has 1 N–H and O–H groups in total. The molecule has 7 heteroatoms. The Morgan fingerprint density at radius 3 is 2.63 bits per heavy atom. The highest BCUT2D eigenvalue weighted by Gasteiger charge is 2.49. The zero-order valence-electron chi connectivity index (χ0n) is 16.3. The van der Waals surface area contributed by atoms with Gasteiger partial charge >= 0.3 is 11.7 Å². The van der Waals surface area contributed by atoms with Crippen molar-refractivity contribution in [1.82, 2.24) is 10.2 Å². The Morgan fingerprint density at radius 1 is 1.10 bits per heavy atom. The summed E-state index contributed by atoms with van der Waals surface area (Å²) in [5, 5.41) is 3.58. The zero-order valence-corrected chi connectivity index (χ0v) is 17.9. The molecule has 2 heterocycles. The normalized spacial score (nSPS) is 20.7. The molecule has 1 fully saturated rings. The number of rotatable bonds is 3. The fraction of sp³-hybridized carbons (Fsp3) is 0.261. The Morgan fingerprint density at radius 2 is 1.87 bits per heavy atom. The first-order chi connectivity index (χ1) is 14.3. The molecule has 0 radical (unpaired) electrons. The van der Waals surface area contributed by atoms with E-state index in [1.54, 1.807) is 6.92 Å². The van der Waals surface area contributed by atoms with Crippen LogP contribution in [0.1, 0.15) is 35.6 Å². The second-order valence-corrected chi connectivity index (χ2v) is 8.93. The maximum absolute atomic E-state index is 13.3. The number of nitrogens with zero attached hydrogens (tertiary/aromatic N) is 1. The monoisotopic (exact) mass is 466 g/mol. The summed E-state index contributed by atoms with van der Waals surface area (Å²) in [6, 6.07) is 12.1. The van der Waals surface area contributed by atoms with Crippen LogP contribution in [-0.4, -0.2) is 16.8 Å². The molecule has 152 valence electrons. The summed E-state index contributed by atoms with van der Waals surface area (Å²) in [6.07, 6.45) is 3.02. The number of imide groups is 1. The molecule has 5 rings (SSSR count). The van der Waals surface area contributed by atoms with E-state index in [0.717, 1.165) is 29.1 Å². The average Bonchev–Trinajstić information content (AvgIpc) is 3.24. The van der Waals surface area contributed by atoms with Gasteiger partial charge in [0.1, 0.15) is 11.1 Å². The summed E-state index contributed by atoms with van der Waals surface area (Å²) in [4.78, 5) is 39.4. The predicted octanol–water partition coefficient (Wildman–Crippen LogP) is 4.01. The summed E-state index contributed by atoms with van der Waals surface area (Å²) < 4.78 is 6.23. The topological polar surface area (TPSA) is 79.6 Å². The van der Waals surface area contributed by atoms with Gasteiger partial charge < -0.3 is 9.73 Å². The molecule has 1 unspecified atom stereocenters. The largest absolute Gasteiger partial charge is 0.423 e. The number of fused-ring (bicyclic) bond motifs is 2. The van der Waals surface area contributed by atoms with Gasteiger partial charge in [0.15, 0.2) is 0 Å². The Labute approximate surface area is 181 Å². The van der Waals surface area contributed by atoms with Gasteiger partial charge in [-0.2, -0.15) is 0 Å². The van der Waals surface area contributed by atoms with Crippen molar-refractivity contribution < 1.29 is 14.0 Å². The number of benzene rings is 2. The van der Waals surface area contributed by atoms with Crippen LogP contribution in [0.2, 0.25) is 0 Å². The van der Waals surface area contributed by atoms with Gasteiger partial charge in [0, 0.05) is 15.9 Å². The maximum Gasteiger partial charge on any atom is 0.336 e. The van der Waals surface area contributed by atoms with E-state index >= 15 is 0 Å². The Balaban J connectivity index is 1.55. The minimum Gasteiger partial charge on any atom is -0.423 e. The smallest absolute Gasteiger partial charge is 0.336 e. The molecule has 1 aliphatic heterocycles. The number of hydrogen-bond acceptors (Lipinski definition) is 4. The first kappa shape index (κ1) is 19.1. The molecule has 0 bridgehead atoms. The lowest BCUT2D eigenvalue weighted by atomic mass is 9.92. The zero-order chi connectivity index (χ0) is 21.0. The van der Waals surface area contributed by atoms with Crippen molar-refractivity contribution in [2.75, 3.05) is 0 Å². The van der Waals surface area contributed by atoms with Crippen LogP contribution in [0.5, 0.6) is 0 Å². The molecular weight excluding hydrogens is 448 g/mol. The van der Waals surface area contributed by atoms with Crippen LogP contribution in [0.15, 0.2) is 56.1 Å². The van der Waals surface area contributed by atoms with Crippen molar-refractivity contribution in [3.05, 3.63) is 79.6 Å². The standard InChI is InChI=1S/C23H19BrN2O4/c1-23(16-6-3-7-17(24)11-16)21(28)26(22(29)25-23)12-15-10-20(27)30-19-9-14-5-2-4-13(14)8-18(15)19/h3,6-11H,2,4-5,12H2,1H3,(H,25,29). The van der Waals surface area contributed by atoms with Crippen LogP contribution in [0.25, 0.3) is 11.0 Å². The van der Waals surface area contributed by atoms with E-state index in [0.29, 0.717) is 16.7 Å². The molecule has 2 aliphatic rings. The minimum absolute atomic E-state index is 0.00907. The number of carbonyl (C=O) groups is 2. The molecule has 1 saturated heterocycles. The number of hydrogen-bond donors (Lipinski definition) is 1. The number of amides is 3. The van der Waals surface area contributed by atoms with E-state index in [1.807, 2.05) is 36.4 Å². The summed E-state index contributed by atoms with van der Waals surface area (Å²) in [7, 11) is 0. The summed E-state index contributed by atoms with van der Waals surface area (Å²) in [5.74, 6) is -0.354. The van der Waals surface area contributed by atoms with Crippen molar-refractivity contribution in [3.8, 4) is 0 Å². The number of halogens is 1. The average molecular weight is 467 g/mol. The number of aryl methyl sites for hydroxylation is 2. The van der Waals surface area contributed by atoms with Gasteiger partial charge in [0.2, 0.25) is 0 Å². The van der Waals surface area contributed by atoms with Crippen molar-refractivity contribution >= 4 is 38.8 Å². The van der Waals surface area contributed by atoms with Gasteiger partial charge in [-0.15, -0.1) is 0 Å². The van der Waals surface area contributed by atoms with E-state index in [4.69, 9.17) is 4.42 Å². The first-order valence-corrected chi connectivity index (χ1v) is 10.6. The van der Waals surface area contributed by atoms with E-state index < -0.39 is 17.2 Å². The molecule has 30 heavy (non-hydrogen) atoms. The van der Waals surface area contributed by atoms with Gasteiger partial charge in [0.05, 0.1) is 6.54 Å². The molecular formula is C23H19BrN2O4. The van der Waals surface area contributed by atoms with E-state index in [1.165, 1.54) is 22.1 Å². The highest BCUT2D eigenvalue weighted by atomic mass is 79.9. The second kappa shape index (κ2) is 6.80. The fourth-order valence-corrected chi connectivity index (χ4v) is 4.83. The highest BCUT2D eigenvalue weighted by Crippen LogP contribution is 2.33. The molecule has 3 amide bonds. The van der Waals surface area contributed by atoms with Gasteiger partial charge in [0.25, 0.3) is 5.91 Å². The molecule has 2 aromatic carbocycles. The van der Waals surface area contributed by atoms with Gasteiger partial charge in [-0.25, -0.2) is 9.59 Å². The van der Waals surface area contributed by atoms with Crippen molar-refractivity contribution in [1.29, 1.82) is 0 Å². The van der Waals surface area contributed by atoms with Crippen molar-refractivity contribution in [2.24, 2.45) is 0 Å². The Kier molecular flexibility index (Phi) is 4.32. The van der Waals surface area contributed by atoms with Crippen LogP contribution in [0.4, 0.5) is 4.79 Å². The lowest BCUT2D eigenvalue weighted by molar-refractivity contribution is -0.131.